The van der Waals surface area contributed by atoms with E-state index in [9.17, 15) is 39.6 Å². The van der Waals surface area contributed by atoms with Crippen molar-refractivity contribution in [2.24, 2.45) is 17.6 Å². The van der Waals surface area contributed by atoms with Gasteiger partial charge in [0.1, 0.15) is 28.6 Å². The zero-order valence-electron chi connectivity index (χ0n) is 25.9. The number of aromatic hydroxyl groups is 1. The fraction of sp³-hybridized carbons (Fsp3) is 0.394. The number of rotatable bonds is 9. The molecule has 0 aromatic heterocycles. The normalized spacial score (nSPS) is 24.0. The number of esters is 1. The summed E-state index contributed by atoms with van der Waals surface area (Å²) in [5, 5.41) is 48.4. The van der Waals surface area contributed by atoms with E-state index < -0.39 is 58.0 Å². The molecule has 2 aromatic carbocycles. The zero-order valence-corrected chi connectivity index (χ0v) is 25.9. The number of ketones is 2. The molecular formula is C33H37N3O10. The maximum atomic E-state index is 14.1. The highest BCUT2D eigenvalue weighted by Crippen LogP contribution is 2.54. The molecule has 7 N–H and O–H groups in total. The third-order valence-electron chi connectivity index (χ3n) is 9.06. The van der Waals surface area contributed by atoms with Crippen LogP contribution in [0.1, 0.15) is 30.0 Å². The number of phenolic OH excluding ortho intramolecular Hbond substituents is 1. The number of aliphatic hydroxyl groups is 3. The van der Waals surface area contributed by atoms with E-state index in [1.165, 1.54) is 18.1 Å². The molecule has 46 heavy (non-hydrogen) atoms. The monoisotopic (exact) mass is 635 g/mol. The zero-order chi connectivity index (χ0) is 33.7. The Morgan fingerprint density at radius 2 is 1.83 bits per heavy atom. The van der Waals surface area contributed by atoms with Crippen molar-refractivity contribution in [3.8, 4) is 22.6 Å². The summed E-state index contributed by atoms with van der Waals surface area (Å²) in [5.41, 5.74) is 4.07. The van der Waals surface area contributed by atoms with E-state index in [0.717, 1.165) is 5.56 Å². The number of hydrogen-bond acceptors (Lipinski definition) is 12. The van der Waals surface area contributed by atoms with Gasteiger partial charge in [-0.3, -0.25) is 24.1 Å². The lowest BCUT2D eigenvalue weighted by Gasteiger charge is -2.50. The van der Waals surface area contributed by atoms with Crippen LogP contribution < -0.4 is 15.8 Å². The molecule has 13 heteroatoms. The summed E-state index contributed by atoms with van der Waals surface area (Å²) in [5.74, 6) is -7.05. The molecule has 0 bridgehead atoms. The molecule has 1 fully saturated rings. The van der Waals surface area contributed by atoms with Crippen LogP contribution in [0.2, 0.25) is 0 Å². The summed E-state index contributed by atoms with van der Waals surface area (Å²) in [6.07, 6.45) is 0.0859. The number of aliphatic hydroxyl groups excluding tert-OH is 2. The first-order valence-corrected chi connectivity index (χ1v) is 14.8. The lowest BCUT2D eigenvalue weighted by molar-refractivity contribution is -0.153. The smallest absolute Gasteiger partial charge is 0.319 e. The summed E-state index contributed by atoms with van der Waals surface area (Å²) in [4.78, 5) is 52.9. The van der Waals surface area contributed by atoms with Gasteiger partial charge in [0.15, 0.2) is 11.4 Å². The number of amides is 1. The highest BCUT2D eigenvalue weighted by molar-refractivity contribution is 6.24. The molecule has 1 amide bonds. The van der Waals surface area contributed by atoms with Gasteiger partial charge in [0, 0.05) is 23.6 Å². The number of ether oxygens (including phenoxy) is 2. The Balaban J connectivity index is 1.63. The van der Waals surface area contributed by atoms with E-state index in [2.05, 4.69) is 5.32 Å². The minimum absolute atomic E-state index is 0.0105. The van der Waals surface area contributed by atoms with Crippen LogP contribution >= 0.6 is 0 Å². The van der Waals surface area contributed by atoms with E-state index in [1.54, 1.807) is 33.2 Å². The summed E-state index contributed by atoms with van der Waals surface area (Å²) >= 11 is 0. The summed E-state index contributed by atoms with van der Waals surface area (Å²) < 4.78 is 10.6. The van der Waals surface area contributed by atoms with Crippen LogP contribution in [0.25, 0.3) is 16.9 Å². The Morgan fingerprint density at radius 3 is 2.46 bits per heavy atom. The summed E-state index contributed by atoms with van der Waals surface area (Å²) in [6.45, 7) is 2.33. The van der Waals surface area contributed by atoms with Crippen molar-refractivity contribution in [3.05, 3.63) is 63.9 Å². The lowest BCUT2D eigenvalue weighted by atomic mass is 9.57. The minimum Gasteiger partial charge on any atom is -0.508 e. The molecule has 3 aliphatic carbocycles. The molecule has 0 saturated heterocycles. The Kier molecular flexibility index (Phi) is 8.69. The van der Waals surface area contributed by atoms with Gasteiger partial charge in [-0.05, 0) is 74.7 Å². The number of nitrogens with one attached hydrogen (secondary N) is 1. The van der Waals surface area contributed by atoms with Crippen LogP contribution in [0.3, 0.4) is 0 Å². The molecule has 0 spiro atoms. The van der Waals surface area contributed by atoms with E-state index >= 15 is 0 Å². The van der Waals surface area contributed by atoms with E-state index in [-0.39, 0.29) is 48.8 Å². The van der Waals surface area contributed by atoms with Crippen LogP contribution in [0.5, 0.6) is 11.5 Å². The maximum absolute atomic E-state index is 14.1. The second-order valence-electron chi connectivity index (χ2n) is 11.9. The number of hydrogen-bond donors (Lipinski definition) is 6. The van der Waals surface area contributed by atoms with Crippen molar-refractivity contribution in [2.75, 3.05) is 34.4 Å². The molecule has 4 atom stereocenters. The molecular weight excluding hydrogens is 598 g/mol. The molecule has 0 aliphatic heterocycles. The Bertz CT molecular complexity index is 1710. The van der Waals surface area contributed by atoms with Gasteiger partial charge >= 0.3 is 5.97 Å². The van der Waals surface area contributed by atoms with Gasteiger partial charge in [-0.15, -0.1) is 0 Å². The van der Waals surface area contributed by atoms with Crippen molar-refractivity contribution >= 4 is 29.2 Å². The van der Waals surface area contributed by atoms with Crippen molar-refractivity contribution < 1.29 is 49.1 Å². The third kappa shape index (κ3) is 5.10. The predicted octanol–water partition coefficient (Wildman–Crippen LogP) is 1.29. The predicted molar refractivity (Wildman–Crippen MR) is 165 cm³/mol. The van der Waals surface area contributed by atoms with Crippen LogP contribution in [0.15, 0.2) is 47.2 Å². The average Bonchev–Trinajstić information content (AvgIpc) is 2.99. The van der Waals surface area contributed by atoms with Gasteiger partial charge in [-0.1, -0.05) is 12.1 Å². The number of carbonyl (C=O) groups is 4. The molecule has 3 aliphatic rings. The molecule has 244 valence electrons. The van der Waals surface area contributed by atoms with Crippen molar-refractivity contribution in [3.63, 3.8) is 0 Å². The fourth-order valence-corrected chi connectivity index (χ4v) is 7.09. The topological polar surface area (TPSA) is 209 Å². The van der Waals surface area contributed by atoms with Gasteiger partial charge in [0.25, 0.3) is 5.91 Å². The minimum atomic E-state index is -2.72. The number of nitrogens with zero attached hydrogens (tertiary/aromatic N) is 1. The highest BCUT2D eigenvalue weighted by atomic mass is 16.5. The van der Waals surface area contributed by atoms with Crippen LogP contribution in [-0.2, 0) is 36.9 Å². The van der Waals surface area contributed by atoms with Crippen LogP contribution in [0, 0.1) is 11.8 Å². The molecule has 0 radical (unpaired) electrons. The molecule has 5 rings (SSSR count). The Labute approximate surface area is 264 Å². The summed E-state index contributed by atoms with van der Waals surface area (Å²) in [6, 6.07) is 7.28. The molecule has 1 saturated carbocycles. The Hall–Kier alpha value is -4.72. The van der Waals surface area contributed by atoms with Gasteiger partial charge in [0.2, 0.25) is 5.78 Å². The quantitative estimate of drug-likeness (QED) is 0.170. The third-order valence-corrected chi connectivity index (χ3v) is 9.06. The average molecular weight is 636 g/mol. The second-order valence-corrected chi connectivity index (χ2v) is 11.9. The first kappa shape index (κ1) is 32.7. The highest BCUT2D eigenvalue weighted by Gasteiger charge is 2.64. The van der Waals surface area contributed by atoms with E-state index in [4.69, 9.17) is 15.2 Å². The van der Waals surface area contributed by atoms with Crippen molar-refractivity contribution in [2.45, 2.75) is 38.0 Å². The first-order chi connectivity index (χ1) is 21.8. The standard InChI is InChI=1S/C33H37N3O10/c1-5-46-23(38)14-35-13-15-6-9-22(45-4)18(10-15)17-7-8-21(37)25-19(17)11-16-12-20-27(36(2)3)29(40)26(32(34)43)31(42)33(20,44)30(41)24(16)28(25)39/h6-10,16,20,27,35,37,39,42,44H,5,11-14H2,1-4H3,(H2,34,43)/t16-,20+,27+,33-/m0/s1. The van der Waals surface area contributed by atoms with Crippen molar-refractivity contribution in [1.82, 2.24) is 10.2 Å². The number of Topliss-reactive ketones (excluding diaryl/α,β-unsaturated/α-hetero) is 2. The molecule has 13 nitrogen and oxygen atoms in total. The fourth-order valence-electron chi connectivity index (χ4n) is 7.09. The number of methoxy groups -OCH3 is 1. The largest absolute Gasteiger partial charge is 0.508 e. The van der Waals surface area contributed by atoms with Gasteiger partial charge in [-0.2, -0.15) is 0 Å². The lowest BCUT2D eigenvalue weighted by Crippen LogP contribution is -2.65. The number of benzene rings is 2. The van der Waals surface area contributed by atoms with E-state index in [1.807, 2.05) is 12.1 Å². The van der Waals surface area contributed by atoms with Gasteiger partial charge < -0.3 is 41.0 Å². The number of fused-ring (bicyclic) bond motifs is 3. The van der Waals surface area contributed by atoms with Crippen LogP contribution in [-0.4, -0.2) is 94.8 Å². The molecule has 0 unspecified atom stereocenters. The number of primary amides is 1. The number of carbonyl (C=O) groups excluding carboxylic acids is 4. The second kappa shape index (κ2) is 12.2. The molecule has 2 aromatic rings. The maximum Gasteiger partial charge on any atom is 0.319 e. The number of likely N-dealkylation sites (N-methyl/N-ethyl adjacent to an activating group) is 1. The van der Waals surface area contributed by atoms with Crippen LogP contribution in [0.4, 0.5) is 0 Å². The molecule has 0 heterocycles. The Morgan fingerprint density at radius 1 is 1.11 bits per heavy atom. The first-order valence-electron chi connectivity index (χ1n) is 14.8. The van der Waals surface area contributed by atoms with Gasteiger partial charge in [-0.25, -0.2) is 0 Å². The number of nitrogens with two attached hydrogens (primary N) is 1. The van der Waals surface area contributed by atoms with Gasteiger partial charge in [0.05, 0.1) is 31.9 Å². The van der Waals surface area contributed by atoms with E-state index in [0.29, 0.717) is 29.0 Å². The number of phenols is 1. The van der Waals surface area contributed by atoms with Crippen molar-refractivity contribution in [1.29, 1.82) is 0 Å². The SMILES string of the molecule is CCOC(=O)CNCc1ccc(OC)c(-c2ccc(O)c3c2C[C@H]2C[C@@H]4[C@@H](N(C)C)C(=O)C(C(N)=O)=C(O)[C@@]4(O)C(=O)C2=C3O)c1. The summed E-state index contributed by atoms with van der Waals surface area (Å²) in [7, 11) is 4.59.